The van der Waals surface area contributed by atoms with Crippen molar-refractivity contribution in [2.45, 2.75) is 26.4 Å². The zero-order chi connectivity index (χ0) is 11.1. The quantitative estimate of drug-likeness (QED) is 0.632. The zero-order valence-electron chi connectivity index (χ0n) is 7.98. The number of ether oxygens (including phenoxy) is 2. The number of hydrogen-bond donors (Lipinski definition) is 1. The lowest BCUT2D eigenvalue weighted by Crippen LogP contribution is -2.24. The molecule has 1 unspecified atom stereocenters. The monoisotopic (exact) mass is 204 g/mol. The normalized spacial score (nSPS) is 11.6. The number of carboxylic acid groups (broad SMARTS) is 1. The Kier molecular flexibility index (Phi) is 5.28. The highest BCUT2D eigenvalue weighted by Gasteiger charge is 2.15. The SMILES string of the molecule is CC(=O)OCCC(=O)OC(C)C(=O)O. The van der Waals surface area contributed by atoms with Crippen molar-refractivity contribution in [2.24, 2.45) is 0 Å². The summed E-state index contributed by atoms with van der Waals surface area (Å²) in [6.45, 7) is 2.36. The first kappa shape index (κ1) is 12.4. The lowest BCUT2D eigenvalue weighted by Gasteiger charge is -2.08. The van der Waals surface area contributed by atoms with Gasteiger partial charge in [-0.2, -0.15) is 0 Å². The predicted molar refractivity (Wildman–Crippen MR) is 44.4 cm³/mol. The molecular weight excluding hydrogens is 192 g/mol. The minimum Gasteiger partial charge on any atom is -0.479 e. The van der Waals surface area contributed by atoms with Gasteiger partial charge < -0.3 is 14.6 Å². The van der Waals surface area contributed by atoms with Crippen molar-refractivity contribution in [3.63, 3.8) is 0 Å². The molecule has 0 aliphatic rings. The summed E-state index contributed by atoms with van der Waals surface area (Å²) in [7, 11) is 0. The number of carbonyl (C=O) groups is 3. The van der Waals surface area contributed by atoms with Crippen molar-refractivity contribution in [1.82, 2.24) is 0 Å². The smallest absolute Gasteiger partial charge is 0.344 e. The van der Waals surface area contributed by atoms with E-state index in [1.807, 2.05) is 0 Å². The molecule has 0 saturated heterocycles. The van der Waals surface area contributed by atoms with E-state index in [-0.39, 0.29) is 13.0 Å². The zero-order valence-corrected chi connectivity index (χ0v) is 7.98. The van der Waals surface area contributed by atoms with Crippen LogP contribution in [0.5, 0.6) is 0 Å². The van der Waals surface area contributed by atoms with Gasteiger partial charge in [0.05, 0.1) is 6.42 Å². The van der Waals surface area contributed by atoms with Crippen molar-refractivity contribution >= 4 is 17.9 Å². The summed E-state index contributed by atoms with van der Waals surface area (Å²) in [5.74, 6) is -2.42. The van der Waals surface area contributed by atoms with Crippen molar-refractivity contribution in [1.29, 1.82) is 0 Å². The van der Waals surface area contributed by atoms with E-state index >= 15 is 0 Å². The van der Waals surface area contributed by atoms with Gasteiger partial charge in [-0.1, -0.05) is 0 Å². The second kappa shape index (κ2) is 5.95. The molecule has 6 nitrogen and oxygen atoms in total. The van der Waals surface area contributed by atoms with E-state index in [1.54, 1.807) is 0 Å². The van der Waals surface area contributed by atoms with Gasteiger partial charge in [0.25, 0.3) is 0 Å². The molecule has 0 aliphatic carbocycles. The van der Waals surface area contributed by atoms with E-state index in [9.17, 15) is 14.4 Å². The van der Waals surface area contributed by atoms with E-state index in [1.165, 1.54) is 13.8 Å². The van der Waals surface area contributed by atoms with Gasteiger partial charge >= 0.3 is 17.9 Å². The lowest BCUT2D eigenvalue weighted by molar-refractivity contribution is -0.163. The van der Waals surface area contributed by atoms with Crippen LogP contribution in [0.3, 0.4) is 0 Å². The van der Waals surface area contributed by atoms with E-state index in [0.29, 0.717) is 0 Å². The maximum Gasteiger partial charge on any atom is 0.344 e. The third-order valence-corrected chi connectivity index (χ3v) is 1.27. The van der Waals surface area contributed by atoms with E-state index in [4.69, 9.17) is 5.11 Å². The van der Waals surface area contributed by atoms with Gasteiger partial charge in [0.2, 0.25) is 0 Å². The Morgan fingerprint density at radius 1 is 1.36 bits per heavy atom. The molecule has 0 heterocycles. The Labute approximate surface area is 80.8 Å². The second-order valence-electron chi connectivity index (χ2n) is 2.56. The lowest BCUT2D eigenvalue weighted by atomic mass is 10.4. The molecule has 0 aromatic carbocycles. The van der Waals surface area contributed by atoms with Crippen LogP contribution in [0.4, 0.5) is 0 Å². The minimum absolute atomic E-state index is 0.0967. The van der Waals surface area contributed by atoms with Gasteiger partial charge in [0.15, 0.2) is 6.10 Å². The summed E-state index contributed by atoms with van der Waals surface area (Å²) in [5, 5.41) is 8.38. The molecule has 0 radical (unpaired) electrons. The largest absolute Gasteiger partial charge is 0.479 e. The van der Waals surface area contributed by atoms with Crippen LogP contribution in [0.2, 0.25) is 0 Å². The molecule has 0 fully saturated rings. The van der Waals surface area contributed by atoms with Crippen LogP contribution in [-0.2, 0) is 23.9 Å². The molecule has 80 valence electrons. The number of carbonyl (C=O) groups excluding carboxylic acids is 2. The molecule has 0 saturated carbocycles. The van der Waals surface area contributed by atoms with Crippen LogP contribution in [0, 0.1) is 0 Å². The second-order valence-corrected chi connectivity index (χ2v) is 2.56. The van der Waals surface area contributed by atoms with Gasteiger partial charge in [-0.3, -0.25) is 9.59 Å². The number of hydrogen-bond acceptors (Lipinski definition) is 5. The molecule has 1 N–H and O–H groups in total. The molecule has 6 heteroatoms. The molecule has 0 aromatic heterocycles. The summed E-state index contributed by atoms with van der Waals surface area (Å²) in [6.07, 6.45) is -1.32. The van der Waals surface area contributed by atoms with E-state index < -0.39 is 24.0 Å². The highest BCUT2D eigenvalue weighted by Crippen LogP contribution is 1.95. The van der Waals surface area contributed by atoms with Crippen molar-refractivity contribution < 1.29 is 29.0 Å². The van der Waals surface area contributed by atoms with Crippen LogP contribution in [-0.4, -0.2) is 35.7 Å². The third kappa shape index (κ3) is 5.99. The molecule has 1 atom stereocenters. The standard InChI is InChI=1S/C8H12O6/c1-5(8(11)12)14-7(10)3-4-13-6(2)9/h5H,3-4H2,1-2H3,(H,11,12). The fraction of sp³-hybridized carbons (Fsp3) is 0.625. The fourth-order valence-corrected chi connectivity index (χ4v) is 0.585. The highest BCUT2D eigenvalue weighted by atomic mass is 16.6. The molecule has 0 rings (SSSR count). The van der Waals surface area contributed by atoms with Crippen LogP contribution in [0.1, 0.15) is 20.3 Å². The average molecular weight is 204 g/mol. The van der Waals surface area contributed by atoms with E-state index in [2.05, 4.69) is 9.47 Å². The van der Waals surface area contributed by atoms with Gasteiger partial charge in [-0.15, -0.1) is 0 Å². The average Bonchev–Trinajstić information content (AvgIpc) is 2.02. The van der Waals surface area contributed by atoms with Crippen LogP contribution in [0.25, 0.3) is 0 Å². The number of carboxylic acids is 1. The number of esters is 2. The fourth-order valence-electron chi connectivity index (χ4n) is 0.585. The molecular formula is C8H12O6. The maximum absolute atomic E-state index is 10.9. The Morgan fingerprint density at radius 3 is 2.36 bits per heavy atom. The Balaban J connectivity index is 3.65. The highest BCUT2D eigenvalue weighted by molar-refractivity contribution is 5.77. The van der Waals surface area contributed by atoms with Crippen LogP contribution < -0.4 is 0 Å². The molecule has 0 amide bonds. The Morgan fingerprint density at radius 2 is 1.93 bits per heavy atom. The maximum atomic E-state index is 10.9. The minimum atomic E-state index is -1.22. The molecule has 0 aliphatic heterocycles. The molecule has 0 spiro atoms. The topological polar surface area (TPSA) is 89.9 Å². The Bertz CT molecular complexity index is 234. The first-order chi connectivity index (χ1) is 6.43. The molecule has 14 heavy (non-hydrogen) atoms. The summed E-state index contributed by atoms with van der Waals surface area (Å²) in [5.41, 5.74) is 0. The van der Waals surface area contributed by atoms with E-state index in [0.717, 1.165) is 0 Å². The third-order valence-electron chi connectivity index (χ3n) is 1.27. The van der Waals surface area contributed by atoms with Crippen molar-refractivity contribution in [3.8, 4) is 0 Å². The number of rotatable bonds is 5. The van der Waals surface area contributed by atoms with Gasteiger partial charge in [0.1, 0.15) is 6.61 Å². The summed E-state index contributed by atoms with van der Waals surface area (Å²) >= 11 is 0. The van der Waals surface area contributed by atoms with Gasteiger partial charge in [-0.25, -0.2) is 4.79 Å². The van der Waals surface area contributed by atoms with Crippen LogP contribution >= 0.6 is 0 Å². The summed E-state index contributed by atoms with van der Waals surface area (Å²) < 4.78 is 8.93. The first-order valence-corrected chi connectivity index (χ1v) is 3.99. The van der Waals surface area contributed by atoms with Crippen molar-refractivity contribution in [3.05, 3.63) is 0 Å². The summed E-state index contributed by atoms with van der Waals surface area (Å²) in [6, 6.07) is 0. The first-order valence-electron chi connectivity index (χ1n) is 3.99. The summed E-state index contributed by atoms with van der Waals surface area (Å²) in [4.78, 5) is 31.4. The Hall–Kier alpha value is -1.59. The number of aliphatic carboxylic acids is 1. The molecule has 0 bridgehead atoms. The van der Waals surface area contributed by atoms with Crippen molar-refractivity contribution in [2.75, 3.05) is 6.61 Å². The predicted octanol–water partition coefficient (Wildman–Crippen LogP) is -0.0441. The van der Waals surface area contributed by atoms with Crippen LogP contribution in [0.15, 0.2) is 0 Å². The molecule has 0 aromatic rings. The van der Waals surface area contributed by atoms with Gasteiger partial charge in [-0.05, 0) is 6.92 Å². The van der Waals surface area contributed by atoms with Gasteiger partial charge in [0, 0.05) is 6.92 Å².